The molecule has 2 nitrogen and oxygen atoms in total. The summed E-state index contributed by atoms with van der Waals surface area (Å²) in [7, 11) is 2.27. The van der Waals surface area contributed by atoms with E-state index in [9.17, 15) is 57.8 Å². The molecule has 2 aliphatic rings. The highest BCUT2D eigenvalue weighted by Crippen LogP contribution is 2.31. The quantitative estimate of drug-likeness (QED) is 0.129. The monoisotopic (exact) mass is 821 g/mol. The van der Waals surface area contributed by atoms with Gasteiger partial charge in [0.15, 0.2) is 69.8 Å². The molecular weight excluding hydrogens is 805 g/mol. The second-order valence-corrected chi connectivity index (χ2v) is 12.6. The third kappa shape index (κ3) is 5.98. The average Bonchev–Trinajstić information content (AvgIpc) is 3.34. The lowest BCUT2D eigenvalue weighted by molar-refractivity contribution is -0.923. The Labute approximate surface area is 293 Å². The van der Waals surface area contributed by atoms with Crippen LogP contribution in [0.15, 0.2) is 0 Å². The molecule has 2 atom stereocenters. The topological polar surface area (TPSA) is 24.7 Å². The van der Waals surface area contributed by atoms with Crippen molar-refractivity contribution in [2.45, 2.75) is 43.9 Å². The Morgan fingerprint density at radius 2 is 0.509 bits per heavy atom. The van der Waals surface area contributed by atoms with Gasteiger partial charge in [-0.2, -0.15) is 0 Å². The number of fused-ring (bicyclic) bond motifs is 2. The van der Waals surface area contributed by atoms with Gasteiger partial charge >= 0.3 is 0 Å². The summed E-state index contributed by atoms with van der Waals surface area (Å²) in [5, 5.41) is 9.39. The minimum absolute atomic E-state index is 0.0150. The summed E-state index contributed by atoms with van der Waals surface area (Å²) in [6, 6.07) is 1.54. The zero-order valence-corrected chi connectivity index (χ0v) is 26.6. The summed E-state index contributed by atoms with van der Waals surface area (Å²) in [6.45, 7) is 0. The Balaban J connectivity index is 0.000000496. The van der Waals surface area contributed by atoms with Gasteiger partial charge in [-0.25, -0.2) is 87.8 Å². The molecule has 2 unspecified atom stereocenters. The first-order valence-electron chi connectivity index (χ1n) is 15.2. The molecule has 6 rings (SSSR count). The molecule has 2 fully saturated rings. The number of quaternary nitrogens is 1. The highest BCUT2D eigenvalue weighted by molar-refractivity contribution is 7.20. The second-order valence-electron chi connectivity index (χ2n) is 12.6. The molecule has 23 heteroatoms. The highest BCUT2D eigenvalue weighted by atomic mass is 19.2. The Morgan fingerprint density at radius 3 is 0.691 bits per heavy atom. The smallest absolute Gasteiger partial charge is 0.200 e. The minimum Gasteiger partial charge on any atom is -0.393 e. The molecule has 0 aliphatic carbocycles. The maximum atomic E-state index is 15.4. The van der Waals surface area contributed by atoms with Crippen LogP contribution in [0.3, 0.4) is 0 Å². The first kappa shape index (κ1) is 41.6. The fourth-order valence-corrected chi connectivity index (χ4v) is 7.43. The number of nitrogens with one attached hydrogen (secondary N) is 1. The molecule has 0 spiro atoms. The normalized spacial score (nSPS) is 19.5. The standard InChI is InChI=1S/C24BF20.C8H15NO/c26-5-1(6(27)14(35)21(42)13(5)34)25(2-7(28)15(36)22(43)16(37)8(2)29,3-9(30)17(38)23(44)18(39)10(3)31)4-11(32)19(40)24(45)20(41)12(4)33;1-9-6-2-3-7(9)5-8(10)4-6/h;6-8,10H,2-5H2,1H3/q-1;/p+1. The van der Waals surface area contributed by atoms with E-state index in [-0.39, 0.29) is 6.10 Å². The summed E-state index contributed by atoms with van der Waals surface area (Å²) in [5.41, 5.74) is -14.3. The maximum absolute atomic E-state index is 15.4. The zero-order chi connectivity index (χ0) is 41.5. The molecule has 2 aliphatic heterocycles. The number of hydrogen-bond acceptors (Lipinski definition) is 1. The summed E-state index contributed by atoms with van der Waals surface area (Å²) in [4.78, 5) is 1.67. The Bertz CT molecular complexity index is 1850. The third-order valence-electron chi connectivity index (χ3n) is 9.97. The summed E-state index contributed by atoms with van der Waals surface area (Å²) in [6.07, 6.45) is -2.43. The molecule has 0 aromatic heterocycles. The highest BCUT2D eigenvalue weighted by Gasteiger charge is 2.52. The van der Waals surface area contributed by atoms with Crippen LogP contribution >= 0.6 is 0 Å². The lowest BCUT2D eigenvalue weighted by Crippen LogP contribution is -3.15. The Morgan fingerprint density at radius 1 is 0.345 bits per heavy atom. The van der Waals surface area contributed by atoms with Crippen molar-refractivity contribution in [2.24, 2.45) is 0 Å². The molecule has 298 valence electrons. The van der Waals surface area contributed by atoms with Gasteiger partial charge in [-0.1, -0.05) is 0 Å². The number of benzene rings is 4. The molecule has 0 saturated carbocycles. The molecular formula is C32H16BF20NO. The van der Waals surface area contributed by atoms with Crippen molar-refractivity contribution in [3.05, 3.63) is 116 Å². The van der Waals surface area contributed by atoms with Gasteiger partial charge in [0.1, 0.15) is 52.7 Å². The number of aliphatic hydroxyl groups is 1. The fraction of sp³-hybridized carbons (Fsp3) is 0.250. The summed E-state index contributed by atoms with van der Waals surface area (Å²) < 4.78 is 294. The van der Waals surface area contributed by atoms with Crippen LogP contribution in [0.1, 0.15) is 25.7 Å². The average molecular weight is 821 g/mol. The van der Waals surface area contributed by atoms with Crippen LogP contribution in [-0.4, -0.2) is 36.5 Å². The number of aliphatic hydroxyl groups excluding tert-OH is 1. The van der Waals surface area contributed by atoms with Crippen LogP contribution in [0, 0.1) is 116 Å². The van der Waals surface area contributed by atoms with Gasteiger partial charge in [0, 0.05) is 25.7 Å². The van der Waals surface area contributed by atoms with E-state index in [1.807, 2.05) is 0 Å². The Hall–Kier alpha value is -4.54. The van der Waals surface area contributed by atoms with Gasteiger partial charge in [0.05, 0.1) is 25.2 Å². The molecule has 2 saturated heterocycles. The number of hydrogen-bond donors (Lipinski definition) is 2. The van der Waals surface area contributed by atoms with Crippen LogP contribution < -0.4 is 26.8 Å². The van der Waals surface area contributed by atoms with E-state index in [1.54, 1.807) is 4.90 Å². The van der Waals surface area contributed by atoms with E-state index in [0.29, 0.717) is 0 Å². The predicted octanol–water partition coefficient (Wildman–Crippen LogP) is 5.03. The van der Waals surface area contributed by atoms with Crippen molar-refractivity contribution in [1.29, 1.82) is 0 Å². The van der Waals surface area contributed by atoms with Crippen LogP contribution in [-0.2, 0) is 0 Å². The molecule has 4 aromatic carbocycles. The number of halogens is 20. The van der Waals surface area contributed by atoms with E-state index in [0.717, 1.165) is 24.9 Å². The molecule has 2 heterocycles. The molecule has 2 bridgehead atoms. The van der Waals surface area contributed by atoms with Crippen molar-refractivity contribution in [1.82, 2.24) is 0 Å². The van der Waals surface area contributed by atoms with E-state index >= 15 is 35.1 Å². The fourth-order valence-electron chi connectivity index (χ4n) is 7.43. The lowest BCUT2D eigenvalue weighted by atomic mass is 9.12. The van der Waals surface area contributed by atoms with Gasteiger partial charge in [-0.05, 0) is 0 Å². The maximum Gasteiger partial charge on any atom is 0.200 e. The van der Waals surface area contributed by atoms with Crippen molar-refractivity contribution < 1.29 is 97.8 Å². The minimum atomic E-state index is -7.22. The van der Waals surface area contributed by atoms with E-state index < -0.39 is 144 Å². The second kappa shape index (κ2) is 14.5. The first-order chi connectivity index (χ1) is 25.5. The van der Waals surface area contributed by atoms with Crippen molar-refractivity contribution in [3.8, 4) is 0 Å². The molecule has 0 radical (unpaired) electrons. The van der Waals surface area contributed by atoms with Gasteiger partial charge < -0.3 is 10.0 Å². The first-order valence-corrected chi connectivity index (χ1v) is 15.2. The van der Waals surface area contributed by atoms with Gasteiger partial charge in [-0.15, -0.1) is 21.9 Å². The van der Waals surface area contributed by atoms with E-state index in [4.69, 9.17) is 0 Å². The van der Waals surface area contributed by atoms with Crippen molar-refractivity contribution in [2.75, 3.05) is 7.05 Å². The SMILES string of the molecule is C[NH+]1C2CCC1CC(O)C2.Fc1c(F)c(F)c([B-](c2c(F)c(F)c(F)c(F)c2F)(c2c(F)c(F)c(F)c(F)c2F)c2c(F)c(F)c(F)c(F)c2F)c(F)c1F. The van der Waals surface area contributed by atoms with Crippen LogP contribution in [0.5, 0.6) is 0 Å². The van der Waals surface area contributed by atoms with Crippen LogP contribution in [0.2, 0.25) is 0 Å². The third-order valence-corrected chi connectivity index (χ3v) is 9.97. The predicted molar refractivity (Wildman–Crippen MR) is 148 cm³/mol. The van der Waals surface area contributed by atoms with Gasteiger partial charge in [0.2, 0.25) is 0 Å². The van der Waals surface area contributed by atoms with Gasteiger partial charge in [0.25, 0.3) is 0 Å². The summed E-state index contributed by atoms with van der Waals surface area (Å²) >= 11 is 0. The van der Waals surface area contributed by atoms with Crippen LogP contribution in [0.25, 0.3) is 0 Å². The van der Waals surface area contributed by atoms with E-state index in [2.05, 4.69) is 7.05 Å². The van der Waals surface area contributed by atoms with Crippen LogP contribution in [0.4, 0.5) is 87.8 Å². The largest absolute Gasteiger partial charge is 0.393 e. The molecule has 2 N–H and O–H groups in total. The molecule has 55 heavy (non-hydrogen) atoms. The van der Waals surface area contributed by atoms with Crippen molar-refractivity contribution >= 4 is 28.0 Å². The summed E-state index contributed by atoms with van der Waals surface area (Å²) in [5.74, 6) is -71.4. The zero-order valence-electron chi connectivity index (χ0n) is 26.6. The lowest BCUT2D eigenvalue weighted by Gasteiger charge is -2.44. The number of rotatable bonds is 4. The van der Waals surface area contributed by atoms with Gasteiger partial charge in [-0.3, -0.25) is 0 Å². The molecule has 0 amide bonds. The number of piperidine rings is 1. The molecule has 4 aromatic rings. The Kier molecular flexibility index (Phi) is 11.0. The van der Waals surface area contributed by atoms with Crippen molar-refractivity contribution in [3.63, 3.8) is 0 Å². The van der Waals surface area contributed by atoms with E-state index in [1.165, 1.54) is 12.8 Å².